The average molecular weight is 200 g/mol. The number of amides is 1. The summed E-state index contributed by atoms with van der Waals surface area (Å²) in [6.45, 7) is 6.19. The fourth-order valence-corrected chi connectivity index (χ4v) is 1.81. The van der Waals surface area contributed by atoms with E-state index >= 15 is 0 Å². The van der Waals surface area contributed by atoms with E-state index in [0.29, 0.717) is 19.0 Å². The van der Waals surface area contributed by atoms with Gasteiger partial charge in [0.25, 0.3) is 0 Å². The largest absolute Gasteiger partial charge is 0.443 e. The maximum Gasteiger partial charge on any atom is 0.410 e. The predicted octanol–water partition coefficient (Wildman–Crippen LogP) is 1.20. The predicted molar refractivity (Wildman–Crippen MR) is 55.0 cm³/mol. The van der Waals surface area contributed by atoms with Crippen LogP contribution in [0, 0.1) is 5.92 Å². The van der Waals surface area contributed by atoms with Crippen molar-refractivity contribution in [3.63, 3.8) is 0 Å². The lowest BCUT2D eigenvalue weighted by atomic mass is 10.1. The number of carbonyl (C=O) groups is 1. The van der Waals surface area contributed by atoms with Crippen molar-refractivity contribution >= 4 is 6.09 Å². The Hall–Kier alpha value is -0.770. The summed E-state index contributed by atoms with van der Waals surface area (Å²) in [4.78, 5) is 13.1. The van der Waals surface area contributed by atoms with Crippen LogP contribution in [0.2, 0.25) is 0 Å². The van der Waals surface area contributed by atoms with Gasteiger partial charge in [-0.15, -0.1) is 0 Å². The van der Waals surface area contributed by atoms with Crippen LogP contribution in [0.3, 0.4) is 0 Å². The fourth-order valence-electron chi connectivity index (χ4n) is 1.81. The van der Waals surface area contributed by atoms with Crippen molar-refractivity contribution in [2.24, 2.45) is 11.7 Å². The Labute approximate surface area is 85.4 Å². The molecule has 0 aromatic rings. The van der Waals surface area contributed by atoms with Crippen LogP contribution in [-0.2, 0) is 4.74 Å². The summed E-state index contributed by atoms with van der Waals surface area (Å²) in [6, 6.07) is 0. The van der Waals surface area contributed by atoms with Crippen molar-refractivity contribution in [3.8, 4) is 0 Å². The van der Waals surface area contributed by atoms with Gasteiger partial charge in [-0.25, -0.2) is 4.79 Å². The van der Waals surface area contributed by atoms with Crippen LogP contribution < -0.4 is 5.73 Å². The van der Waals surface area contributed by atoms with Crippen molar-refractivity contribution in [1.82, 2.24) is 4.90 Å². The molecule has 1 aliphatic rings. The van der Waals surface area contributed by atoms with Crippen molar-refractivity contribution in [3.05, 3.63) is 0 Å². The van der Waals surface area contributed by atoms with Crippen molar-refractivity contribution in [1.29, 1.82) is 0 Å². The molecule has 1 aliphatic heterocycles. The Balaban J connectivity index is 2.34. The van der Waals surface area contributed by atoms with E-state index in [1.807, 2.05) is 0 Å². The smallest absolute Gasteiger partial charge is 0.410 e. The van der Waals surface area contributed by atoms with Gasteiger partial charge in [-0.2, -0.15) is 0 Å². The second kappa shape index (κ2) is 5.20. The highest BCUT2D eigenvalue weighted by molar-refractivity contribution is 5.69. The molecule has 0 spiro atoms. The molecule has 14 heavy (non-hydrogen) atoms. The first-order chi connectivity index (χ1) is 6.67. The first-order valence-electron chi connectivity index (χ1n) is 5.33. The zero-order valence-corrected chi connectivity index (χ0v) is 9.03. The van der Waals surface area contributed by atoms with E-state index in [4.69, 9.17) is 10.5 Å². The molecule has 0 aliphatic carbocycles. The quantitative estimate of drug-likeness (QED) is 0.725. The number of nitrogens with zero attached hydrogens (tertiary/aromatic N) is 1. The van der Waals surface area contributed by atoms with Crippen LogP contribution in [0.5, 0.6) is 0 Å². The SMILES string of the molecule is CCCC(C)CN1CC(CN)OC1=O. The number of carbonyl (C=O) groups excluding carboxylic acids is 1. The number of cyclic esters (lactones) is 1. The Morgan fingerprint density at radius 1 is 1.71 bits per heavy atom. The third-order valence-electron chi connectivity index (χ3n) is 2.53. The van der Waals surface area contributed by atoms with E-state index < -0.39 is 0 Å². The van der Waals surface area contributed by atoms with Gasteiger partial charge in [-0.1, -0.05) is 20.3 Å². The van der Waals surface area contributed by atoms with E-state index in [9.17, 15) is 4.79 Å². The minimum absolute atomic E-state index is 0.101. The van der Waals surface area contributed by atoms with Gasteiger partial charge < -0.3 is 15.4 Å². The molecule has 82 valence electrons. The Bertz CT molecular complexity index is 197. The number of ether oxygens (including phenoxy) is 1. The normalized spacial score (nSPS) is 23.8. The molecule has 1 fully saturated rings. The van der Waals surface area contributed by atoms with Gasteiger partial charge in [0.05, 0.1) is 6.54 Å². The highest BCUT2D eigenvalue weighted by Crippen LogP contribution is 2.14. The molecule has 0 aromatic heterocycles. The highest BCUT2D eigenvalue weighted by Gasteiger charge is 2.30. The van der Waals surface area contributed by atoms with Gasteiger partial charge >= 0.3 is 6.09 Å². The molecule has 0 bridgehead atoms. The molecule has 1 saturated heterocycles. The summed E-state index contributed by atoms with van der Waals surface area (Å²) >= 11 is 0. The topological polar surface area (TPSA) is 55.6 Å². The molecule has 0 aromatic carbocycles. The van der Waals surface area contributed by atoms with E-state index in [2.05, 4.69) is 13.8 Å². The summed E-state index contributed by atoms with van der Waals surface area (Å²) in [5.74, 6) is 0.545. The van der Waals surface area contributed by atoms with Gasteiger partial charge in [0.2, 0.25) is 0 Å². The van der Waals surface area contributed by atoms with E-state index in [1.54, 1.807) is 4.90 Å². The number of hydrogen-bond donors (Lipinski definition) is 1. The van der Waals surface area contributed by atoms with Crippen LogP contribution in [0.1, 0.15) is 26.7 Å². The molecule has 1 heterocycles. The molecule has 2 N–H and O–H groups in total. The molecule has 4 heteroatoms. The van der Waals surface area contributed by atoms with Crippen molar-refractivity contribution < 1.29 is 9.53 Å². The fraction of sp³-hybridized carbons (Fsp3) is 0.900. The maximum atomic E-state index is 11.3. The zero-order chi connectivity index (χ0) is 10.6. The third kappa shape index (κ3) is 2.87. The number of rotatable bonds is 5. The van der Waals surface area contributed by atoms with Gasteiger partial charge in [0, 0.05) is 13.1 Å². The Morgan fingerprint density at radius 2 is 2.43 bits per heavy atom. The molecule has 2 atom stereocenters. The van der Waals surface area contributed by atoms with Crippen LogP contribution in [0.15, 0.2) is 0 Å². The van der Waals surface area contributed by atoms with E-state index in [1.165, 1.54) is 0 Å². The lowest BCUT2D eigenvalue weighted by Gasteiger charge is -2.17. The third-order valence-corrected chi connectivity index (χ3v) is 2.53. The minimum atomic E-state index is -0.205. The maximum absolute atomic E-state index is 11.3. The Morgan fingerprint density at radius 3 is 2.93 bits per heavy atom. The van der Waals surface area contributed by atoms with Crippen molar-refractivity contribution in [2.75, 3.05) is 19.6 Å². The number of hydrogen-bond acceptors (Lipinski definition) is 3. The molecular formula is C10H20N2O2. The van der Waals surface area contributed by atoms with Crippen LogP contribution >= 0.6 is 0 Å². The molecule has 1 amide bonds. The molecular weight excluding hydrogens is 180 g/mol. The second-order valence-corrected chi connectivity index (χ2v) is 4.04. The molecule has 2 unspecified atom stereocenters. The van der Waals surface area contributed by atoms with Gasteiger partial charge in [-0.3, -0.25) is 0 Å². The summed E-state index contributed by atoms with van der Waals surface area (Å²) in [6.07, 6.45) is 2.00. The first kappa shape index (κ1) is 11.3. The van der Waals surface area contributed by atoms with E-state index in [0.717, 1.165) is 19.4 Å². The van der Waals surface area contributed by atoms with Gasteiger partial charge in [0.15, 0.2) is 0 Å². The summed E-state index contributed by atoms with van der Waals surface area (Å²) in [5, 5.41) is 0. The average Bonchev–Trinajstić information content (AvgIpc) is 2.48. The van der Waals surface area contributed by atoms with Crippen LogP contribution in [-0.4, -0.2) is 36.7 Å². The molecule has 4 nitrogen and oxygen atoms in total. The van der Waals surface area contributed by atoms with Gasteiger partial charge in [-0.05, 0) is 12.3 Å². The zero-order valence-electron chi connectivity index (χ0n) is 9.03. The second-order valence-electron chi connectivity index (χ2n) is 4.04. The molecule has 0 radical (unpaired) electrons. The highest BCUT2D eigenvalue weighted by atomic mass is 16.6. The van der Waals surface area contributed by atoms with Crippen LogP contribution in [0.25, 0.3) is 0 Å². The standard InChI is InChI=1S/C10H20N2O2/c1-3-4-8(2)6-12-7-9(5-11)14-10(12)13/h8-9H,3-7,11H2,1-2H3. The van der Waals surface area contributed by atoms with Crippen molar-refractivity contribution in [2.45, 2.75) is 32.8 Å². The Kier molecular flexibility index (Phi) is 4.20. The molecule has 1 rings (SSSR count). The summed E-state index contributed by atoms with van der Waals surface area (Å²) in [7, 11) is 0. The lowest BCUT2D eigenvalue weighted by Crippen LogP contribution is -2.31. The monoisotopic (exact) mass is 200 g/mol. The number of nitrogens with two attached hydrogens (primary N) is 1. The minimum Gasteiger partial charge on any atom is -0.443 e. The first-order valence-corrected chi connectivity index (χ1v) is 5.33. The summed E-state index contributed by atoms with van der Waals surface area (Å²) < 4.78 is 5.06. The van der Waals surface area contributed by atoms with E-state index in [-0.39, 0.29) is 12.2 Å². The lowest BCUT2D eigenvalue weighted by molar-refractivity contribution is 0.133. The molecule has 0 saturated carbocycles. The van der Waals surface area contributed by atoms with Crippen LogP contribution in [0.4, 0.5) is 4.79 Å². The van der Waals surface area contributed by atoms with Gasteiger partial charge in [0.1, 0.15) is 6.10 Å². The summed E-state index contributed by atoms with van der Waals surface area (Å²) in [5.41, 5.74) is 5.44.